The van der Waals surface area contributed by atoms with E-state index < -0.39 is 51.1 Å². The third-order valence-electron chi connectivity index (χ3n) is 9.26. The Bertz CT molecular complexity index is 963. The van der Waals surface area contributed by atoms with E-state index in [9.17, 15) is 23.8 Å². The molecule has 0 fully saturated rings. The molecule has 4 N–H and O–H groups in total. The number of hydrogen-bond acceptors (Lipinski definition) is 9. The molecule has 53 heavy (non-hydrogen) atoms. The minimum atomic E-state index is -4.71. The standard InChI is InChI=1S/C41H78NO10P/c1-3-5-7-9-11-13-15-17-18-19-20-21-23-25-27-29-31-33-40(44)52-37(35-50-53(47,48)51-36-38(42)41(45)46)34-49-39(43)32-30-28-26-24-22-16-14-12-10-8-6-4-2/h17-18,37-38H,3-16,19-36,42H2,1-2H3,(H,45,46)(H,47,48)/b18-17-/t37-,38+/m1/s1. The van der Waals surface area contributed by atoms with Crippen LogP contribution in [-0.2, 0) is 37.5 Å². The largest absolute Gasteiger partial charge is 0.480 e. The number of hydrogen-bond donors (Lipinski definition) is 3. The van der Waals surface area contributed by atoms with Crippen molar-refractivity contribution < 1.29 is 47.5 Å². The number of carboxylic acid groups (broad SMARTS) is 1. The number of phosphoric acid groups is 1. The number of esters is 2. The number of unbranched alkanes of at least 4 members (excludes halogenated alkanes) is 24. The number of rotatable bonds is 40. The van der Waals surface area contributed by atoms with Gasteiger partial charge in [0.15, 0.2) is 6.10 Å². The first kappa shape index (κ1) is 51.2. The van der Waals surface area contributed by atoms with Crippen molar-refractivity contribution in [3.05, 3.63) is 12.2 Å². The van der Waals surface area contributed by atoms with Crippen molar-refractivity contribution in [1.82, 2.24) is 0 Å². The molecule has 0 spiro atoms. The smallest absolute Gasteiger partial charge is 0.472 e. The van der Waals surface area contributed by atoms with Crippen LogP contribution in [0.25, 0.3) is 0 Å². The van der Waals surface area contributed by atoms with Crippen LogP contribution in [0.5, 0.6) is 0 Å². The van der Waals surface area contributed by atoms with Crippen molar-refractivity contribution >= 4 is 25.7 Å². The van der Waals surface area contributed by atoms with Crippen molar-refractivity contribution in [3.63, 3.8) is 0 Å². The van der Waals surface area contributed by atoms with E-state index in [1.54, 1.807) is 0 Å². The average molecular weight is 776 g/mol. The Hall–Kier alpha value is -1.78. The van der Waals surface area contributed by atoms with E-state index in [0.717, 1.165) is 44.9 Å². The fraction of sp³-hybridized carbons (Fsp3) is 0.878. The molecule has 0 aliphatic heterocycles. The minimum absolute atomic E-state index is 0.160. The summed E-state index contributed by atoms with van der Waals surface area (Å²) in [6.07, 6.45) is 35.6. The molecule has 0 saturated carbocycles. The fourth-order valence-electron chi connectivity index (χ4n) is 5.88. The van der Waals surface area contributed by atoms with Crippen molar-refractivity contribution in [3.8, 4) is 0 Å². The molecular weight excluding hydrogens is 697 g/mol. The van der Waals surface area contributed by atoms with Gasteiger partial charge in [-0.1, -0.05) is 161 Å². The molecule has 0 heterocycles. The molecule has 312 valence electrons. The highest BCUT2D eigenvalue weighted by molar-refractivity contribution is 7.47. The maximum atomic E-state index is 12.6. The Labute approximate surface area is 322 Å². The lowest BCUT2D eigenvalue weighted by Gasteiger charge is -2.20. The first-order chi connectivity index (χ1) is 25.6. The number of nitrogens with two attached hydrogens (primary N) is 1. The summed E-state index contributed by atoms with van der Waals surface area (Å²) in [6, 6.07) is -1.52. The van der Waals surface area contributed by atoms with E-state index in [2.05, 4.69) is 30.5 Å². The molecule has 12 heteroatoms. The van der Waals surface area contributed by atoms with Crippen LogP contribution in [0.15, 0.2) is 12.2 Å². The maximum absolute atomic E-state index is 12.6. The van der Waals surface area contributed by atoms with Crippen LogP contribution in [0, 0.1) is 0 Å². The molecule has 0 aliphatic carbocycles. The second kappa shape index (κ2) is 37.2. The van der Waals surface area contributed by atoms with E-state index in [1.807, 2.05) is 0 Å². The molecule has 0 radical (unpaired) electrons. The number of carbonyl (C=O) groups is 3. The highest BCUT2D eigenvalue weighted by atomic mass is 31.2. The number of phosphoric ester groups is 1. The van der Waals surface area contributed by atoms with Gasteiger partial charge in [-0.25, -0.2) is 4.57 Å². The Morgan fingerprint density at radius 1 is 0.566 bits per heavy atom. The number of allylic oxidation sites excluding steroid dienone is 2. The van der Waals surface area contributed by atoms with Gasteiger partial charge in [0.2, 0.25) is 0 Å². The van der Waals surface area contributed by atoms with Crippen LogP contribution < -0.4 is 5.73 Å². The summed E-state index contributed by atoms with van der Waals surface area (Å²) in [6.45, 7) is 2.80. The highest BCUT2D eigenvalue weighted by Gasteiger charge is 2.28. The Balaban J connectivity index is 4.35. The number of carboxylic acids is 1. The van der Waals surface area contributed by atoms with Gasteiger partial charge in [0.25, 0.3) is 0 Å². The van der Waals surface area contributed by atoms with Crippen molar-refractivity contribution in [2.75, 3.05) is 19.8 Å². The molecule has 0 bridgehead atoms. The van der Waals surface area contributed by atoms with Gasteiger partial charge in [-0.3, -0.25) is 23.4 Å². The molecule has 1 unspecified atom stereocenters. The first-order valence-corrected chi connectivity index (χ1v) is 22.7. The second-order valence-corrected chi connectivity index (χ2v) is 15.9. The lowest BCUT2D eigenvalue weighted by Crippen LogP contribution is -2.34. The first-order valence-electron chi connectivity index (χ1n) is 21.2. The summed E-state index contributed by atoms with van der Waals surface area (Å²) >= 11 is 0. The Morgan fingerprint density at radius 3 is 1.38 bits per heavy atom. The molecule has 0 aliphatic rings. The van der Waals surface area contributed by atoms with Gasteiger partial charge in [-0.2, -0.15) is 0 Å². The van der Waals surface area contributed by atoms with E-state index in [0.29, 0.717) is 12.8 Å². The summed E-state index contributed by atoms with van der Waals surface area (Å²) in [5, 5.41) is 8.87. The van der Waals surface area contributed by atoms with E-state index in [4.69, 9.17) is 24.8 Å². The third-order valence-corrected chi connectivity index (χ3v) is 10.2. The Morgan fingerprint density at radius 2 is 0.943 bits per heavy atom. The van der Waals surface area contributed by atoms with Crippen LogP contribution in [-0.4, -0.2) is 59.9 Å². The fourth-order valence-corrected chi connectivity index (χ4v) is 6.66. The predicted molar refractivity (Wildman–Crippen MR) is 213 cm³/mol. The monoisotopic (exact) mass is 776 g/mol. The summed E-state index contributed by atoms with van der Waals surface area (Å²) in [4.78, 5) is 45.9. The zero-order valence-electron chi connectivity index (χ0n) is 33.6. The van der Waals surface area contributed by atoms with Crippen molar-refractivity contribution in [1.29, 1.82) is 0 Å². The number of aliphatic carboxylic acids is 1. The van der Waals surface area contributed by atoms with Gasteiger partial charge in [-0.05, 0) is 38.5 Å². The van der Waals surface area contributed by atoms with Gasteiger partial charge in [0.05, 0.1) is 13.2 Å². The Kier molecular flexibility index (Phi) is 35.9. The van der Waals surface area contributed by atoms with E-state index in [1.165, 1.54) is 116 Å². The summed E-state index contributed by atoms with van der Waals surface area (Å²) in [7, 11) is -4.71. The topological polar surface area (TPSA) is 172 Å². The minimum Gasteiger partial charge on any atom is -0.480 e. The summed E-state index contributed by atoms with van der Waals surface area (Å²) in [5.74, 6) is -2.37. The predicted octanol–water partition coefficient (Wildman–Crippen LogP) is 10.9. The summed E-state index contributed by atoms with van der Waals surface area (Å²) in [5.41, 5.74) is 5.33. The lowest BCUT2D eigenvalue weighted by molar-refractivity contribution is -0.161. The zero-order chi connectivity index (χ0) is 39.3. The van der Waals surface area contributed by atoms with Gasteiger partial charge in [0, 0.05) is 12.8 Å². The third kappa shape index (κ3) is 36.9. The molecular formula is C41H78NO10P. The van der Waals surface area contributed by atoms with Gasteiger partial charge in [0.1, 0.15) is 12.6 Å². The average Bonchev–Trinajstić information content (AvgIpc) is 3.13. The molecule has 0 amide bonds. The highest BCUT2D eigenvalue weighted by Crippen LogP contribution is 2.43. The van der Waals surface area contributed by atoms with Gasteiger partial charge >= 0.3 is 25.7 Å². The molecule has 0 saturated heterocycles. The van der Waals surface area contributed by atoms with Crippen LogP contribution in [0.2, 0.25) is 0 Å². The van der Waals surface area contributed by atoms with Crippen LogP contribution in [0.4, 0.5) is 0 Å². The van der Waals surface area contributed by atoms with E-state index >= 15 is 0 Å². The van der Waals surface area contributed by atoms with Crippen molar-refractivity contribution in [2.24, 2.45) is 5.73 Å². The van der Waals surface area contributed by atoms with E-state index in [-0.39, 0.29) is 19.4 Å². The normalized spacial score (nSPS) is 13.9. The molecule has 3 atom stereocenters. The van der Waals surface area contributed by atoms with Gasteiger partial charge in [-0.15, -0.1) is 0 Å². The van der Waals surface area contributed by atoms with Crippen molar-refractivity contribution in [2.45, 2.75) is 212 Å². The molecule has 11 nitrogen and oxygen atoms in total. The SMILES string of the molecule is CCCCCCCC/C=C\CCCCCCCCCC(=O)O[C@H](COC(=O)CCCCCCCCCCCCCC)COP(=O)(O)OC[C@H](N)C(=O)O. The van der Waals surface area contributed by atoms with Crippen LogP contribution >= 0.6 is 7.82 Å². The maximum Gasteiger partial charge on any atom is 0.472 e. The summed E-state index contributed by atoms with van der Waals surface area (Å²) < 4.78 is 32.6. The number of ether oxygens (including phenoxy) is 2. The molecule has 0 aromatic carbocycles. The quantitative estimate of drug-likeness (QED) is 0.0234. The second-order valence-electron chi connectivity index (χ2n) is 14.5. The molecule has 0 aromatic rings. The number of carbonyl (C=O) groups excluding carboxylic acids is 2. The lowest BCUT2D eigenvalue weighted by atomic mass is 10.0. The zero-order valence-corrected chi connectivity index (χ0v) is 34.5. The molecule has 0 rings (SSSR count). The van der Waals surface area contributed by atoms with Crippen LogP contribution in [0.1, 0.15) is 200 Å². The molecule has 0 aromatic heterocycles. The van der Waals surface area contributed by atoms with Crippen LogP contribution in [0.3, 0.4) is 0 Å². The van der Waals surface area contributed by atoms with Gasteiger partial charge < -0.3 is 25.2 Å².